The van der Waals surface area contributed by atoms with E-state index in [1.54, 1.807) is 30.0 Å². The van der Waals surface area contributed by atoms with Crippen molar-refractivity contribution in [2.24, 2.45) is 0 Å². The minimum atomic E-state index is -0.415. The summed E-state index contributed by atoms with van der Waals surface area (Å²) in [6.45, 7) is 2.23. The van der Waals surface area contributed by atoms with Crippen LogP contribution in [0.5, 0.6) is 0 Å². The Morgan fingerprint density at radius 2 is 2.17 bits per heavy atom. The molecular weight excluding hydrogens is 251 g/mol. The van der Waals surface area contributed by atoms with Gasteiger partial charge in [0, 0.05) is 6.04 Å². The monoisotopic (exact) mass is 270 g/mol. The number of carbonyl (C=O) groups excluding carboxylic acids is 1. The van der Waals surface area contributed by atoms with E-state index in [9.17, 15) is 9.18 Å². The van der Waals surface area contributed by atoms with Gasteiger partial charge in [0.1, 0.15) is 5.82 Å². The van der Waals surface area contributed by atoms with Gasteiger partial charge in [-0.25, -0.2) is 4.39 Å². The Morgan fingerprint density at radius 1 is 1.44 bits per heavy atom. The zero-order valence-corrected chi connectivity index (χ0v) is 11.5. The number of hydrogen-bond donors (Lipinski definition) is 2. The number of rotatable bonds is 7. The highest BCUT2D eigenvalue weighted by Gasteiger charge is 2.07. The average molecular weight is 270 g/mol. The van der Waals surface area contributed by atoms with Gasteiger partial charge in [-0.3, -0.25) is 4.79 Å². The molecule has 1 aromatic rings. The molecule has 1 aromatic carbocycles. The number of anilines is 1. The second-order valence-corrected chi connectivity index (χ2v) is 5.08. The molecule has 100 valence electrons. The van der Waals surface area contributed by atoms with Crippen molar-refractivity contribution >= 4 is 23.4 Å². The Balaban J connectivity index is 2.32. The van der Waals surface area contributed by atoms with Gasteiger partial charge < -0.3 is 10.6 Å². The summed E-state index contributed by atoms with van der Waals surface area (Å²) in [6, 6.07) is 6.43. The Morgan fingerprint density at radius 3 is 2.83 bits per heavy atom. The van der Waals surface area contributed by atoms with E-state index in [4.69, 9.17) is 0 Å². The minimum Gasteiger partial charge on any atom is -0.322 e. The summed E-state index contributed by atoms with van der Waals surface area (Å²) in [7, 11) is 0. The molecule has 0 aliphatic rings. The molecule has 1 amide bonds. The maximum absolute atomic E-state index is 13.3. The van der Waals surface area contributed by atoms with Crippen LogP contribution in [0.15, 0.2) is 24.3 Å². The lowest BCUT2D eigenvalue weighted by Gasteiger charge is -2.13. The molecule has 1 rings (SSSR count). The van der Waals surface area contributed by atoms with Crippen molar-refractivity contribution in [3.05, 3.63) is 30.1 Å². The van der Waals surface area contributed by atoms with Crippen LogP contribution in [0.2, 0.25) is 0 Å². The first-order valence-corrected chi connectivity index (χ1v) is 7.29. The Labute approximate surface area is 112 Å². The molecule has 0 aromatic heterocycles. The Hall–Kier alpha value is -1.07. The highest BCUT2D eigenvalue weighted by atomic mass is 32.2. The quantitative estimate of drug-likeness (QED) is 0.800. The van der Waals surface area contributed by atoms with Gasteiger partial charge in [-0.1, -0.05) is 12.1 Å². The first kappa shape index (κ1) is 15.0. The standard InChI is InChI=1S/C13H19FN2OS/c1-10(7-8-18-2)15-9-13(17)16-12-6-4-3-5-11(12)14/h3-6,10,15H,7-9H2,1-2H3,(H,16,17). The lowest BCUT2D eigenvalue weighted by Crippen LogP contribution is -2.34. The summed E-state index contributed by atoms with van der Waals surface area (Å²) in [5, 5.41) is 5.65. The van der Waals surface area contributed by atoms with E-state index in [1.165, 1.54) is 6.07 Å². The number of hydrogen-bond acceptors (Lipinski definition) is 3. The first-order valence-electron chi connectivity index (χ1n) is 5.90. The molecule has 1 unspecified atom stereocenters. The van der Waals surface area contributed by atoms with Crippen molar-refractivity contribution in [1.82, 2.24) is 5.32 Å². The predicted molar refractivity (Wildman–Crippen MR) is 75.5 cm³/mol. The molecule has 18 heavy (non-hydrogen) atoms. The van der Waals surface area contributed by atoms with Crippen LogP contribution >= 0.6 is 11.8 Å². The fourth-order valence-electron chi connectivity index (χ4n) is 1.42. The van der Waals surface area contributed by atoms with Crippen molar-refractivity contribution in [1.29, 1.82) is 0 Å². The molecule has 0 heterocycles. The molecule has 0 aliphatic carbocycles. The van der Waals surface area contributed by atoms with Crippen LogP contribution in [0, 0.1) is 5.82 Å². The molecule has 5 heteroatoms. The maximum atomic E-state index is 13.3. The lowest BCUT2D eigenvalue weighted by molar-refractivity contribution is -0.115. The van der Waals surface area contributed by atoms with E-state index >= 15 is 0 Å². The SMILES string of the molecule is CSCCC(C)NCC(=O)Nc1ccccc1F. The van der Waals surface area contributed by atoms with E-state index in [-0.39, 0.29) is 24.2 Å². The molecule has 0 bridgehead atoms. The van der Waals surface area contributed by atoms with Crippen molar-refractivity contribution in [2.45, 2.75) is 19.4 Å². The van der Waals surface area contributed by atoms with Crippen molar-refractivity contribution < 1.29 is 9.18 Å². The molecule has 1 atom stereocenters. The van der Waals surface area contributed by atoms with E-state index in [0.717, 1.165) is 12.2 Å². The van der Waals surface area contributed by atoms with Crippen LogP contribution < -0.4 is 10.6 Å². The maximum Gasteiger partial charge on any atom is 0.238 e. The second-order valence-electron chi connectivity index (χ2n) is 4.09. The lowest BCUT2D eigenvalue weighted by atomic mass is 10.2. The number of benzene rings is 1. The Bertz CT molecular complexity index is 387. The van der Waals surface area contributed by atoms with Gasteiger partial charge in [0.25, 0.3) is 0 Å². The van der Waals surface area contributed by atoms with Crippen LogP contribution in [-0.4, -0.2) is 30.5 Å². The fraction of sp³-hybridized carbons (Fsp3) is 0.462. The highest BCUT2D eigenvalue weighted by Crippen LogP contribution is 2.11. The van der Waals surface area contributed by atoms with Crippen LogP contribution in [0.1, 0.15) is 13.3 Å². The smallest absolute Gasteiger partial charge is 0.238 e. The fourth-order valence-corrected chi connectivity index (χ4v) is 2.01. The van der Waals surface area contributed by atoms with Gasteiger partial charge in [-0.15, -0.1) is 0 Å². The molecule has 0 spiro atoms. The van der Waals surface area contributed by atoms with Crippen molar-refractivity contribution in [3.63, 3.8) is 0 Å². The van der Waals surface area contributed by atoms with Gasteiger partial charge in [0.2, 0.25) is 5.91 Å². The Kier molecular flexibility index (Phi) is 6.75. The van der Waals surface area contributed by atoms with E-state index < -0.39 is 5.82 Å². The third-order valence-corrected chi connectivity index (χ3v) is 3.16. The summed E-state index contributed by atoms with van der Waals surface area (Å²) in [4.78, 5) is 11.6. The normalized spacial score (nSPS) is 12.2. The van der Waals surface area contributed by atoms with E-state index in [2.05, 4.69) is 16.9 Å². The number of carbonyl (C=O) groups is 1. The number of thioether (sulfide) groups is 1. The third-order valence-electron chi connectivity index (χ3n) is 2.51. The van der Waals surface area contributed by atoms with E-state index in [1.807, 2.05) is 6.92 Å². The second kappa shape index (κ2) is 8.11. The van der Waals surface area contributed by atoms with Crippen LogP contribution in [0.3, 0.4) is 0 Å². The highest BCUT2D eigenvalue weighted by molar-refractivity contribution is 7.98. The van der Waals surface area contributed by atoms with Crippen LogP contribution in [0.25, 0.3) is 0 Å². The van der Waals surface area contributed by atoms with Crippen molar-refractivity contribution in [3.8, 4) is 0 Å². The van der Waals surface area contributed by atoms with E-state index in [0.29, 0.717) is 0 Å². The van der Waals surface area contributed by atoms with Gasteiger partial charge >= 0.3 is 0 Å². The number of nitrogens with one attached hydrogen (secondary N) is 2. The summed E-state index contributed by atoms with van der Waals surface area (Å²) in [6.07, 6.45) is 3.06. The van der Waals surface area contributed by atoms with Crippen LogP contribution in [0.4, 0.5) is 10.1 Å². The summed E-state index contributed by atoms with van der Waals surface area (Å²) < 4.78 is 13.3. The summed E-state index contributed by atoms with van der Waals surface area (Å²) in [5.74, 6) is 0.417. The zero-order valence-electron chi connectivity index (χ0n) is 10.7. The van der Waals surface area contributed by atoms with Gasteiger partial charge in [0.05, 0.1) is 12.2 Å². The van der Waals surface area contributed by atoms with Gasteiger partial charge in [-0.05, 0) is 37.5 Å². The molecule has 0 saturated carbocycles. The van der Waals surface area contributed by atoms with Crippen molar-refractivity contribution in [2.75, 3.05) is 23.9 Å². The summed E-state index contributed by atoms with van der Waals surface area (Å²) in [5.41, 5.74) is 0.223. The predicted octanol–water partition coefficient (Wildman–Crippen LogP) is 2.50. The molecule has 0 radical (unpaired) electrons. The number of para-hydroxylation sites is 1. The third kappa shape index (κ3) is 5.51. The molecule has 0 saturated heterocycles. The zero-order chi connectivity index (χ0) is 13.4. The first-order chi connectivity index (χ1) is 8.63. The number of halogens is 1. The number of amides is 1. The minimum absolute atomic E-state index is 0.198. The molecular formula is C13H19FN2OS. The molecule has 0 fully saturated rings. The van der Waals surface area contributed by atoms with Gasteiger partial charge in [-0.2, -0.15) is 11.8 Å². The van der Waals surface area contributed by atoms with Gasteiger partial charge in [0.15, 0.2) is 0 Å². The molecule has 2 N–H and O–H groups in total. The molecule has 0 aliphatic heterocycles. The van der Waals surface area contributed by atoms with Crippen LogP contribution in [-0.2, 0) is 4.79 Å². The molecule has 3 nitrogen and oxygen atoms in total. The average Bonchev–Trinajstić information content (AvgIpc) is 2.36. The summed E-state index contributed by atoms with van der Waals surface area (Å²) >= 11 is 1.78. The topological polar surface area (TPSA) is 41.1 Å². The largest absolute Gasteiger partial charge is 0.322 e.